The summed E-state index contributed by atoms with van der Waals surface area (Å²) < 4.78 is 27.8. The molecule has 2 aromatic carbocycles. The highest BCUT2D eigenvalue weighted by Crippen LogP contribution is 2.36. The summed E-state index contributed by atoms with van der Waals surface area (Å²) in [6.45, 7) is 1.37. The van der Waals surface area contributed by atoms with E-state index in [-0.39, 0.29) is 10.6 Å². The first-order valence-electron chi connectivity index (χ1n) is 5.46. The molecule has 0 bridgehead atoms. The smallest absolute Gasteiger partial charge is 0.165 e. The van der Waals surface area contributed by atoms with Crippen molar-refractivity contribution in [3.8, 4) is 0 Å². The van der Waals surface area contributed by atoms with E-state index in [0.717, 1.165) is 10.5 Å². The molecular weight excluding hydrogens is 338 g/mol. The third-order valence-electron chi connectivity index (χ3n) is 2.93. The summed E-state index contributed by atoms with van der Waals surface area (Å²) in [5.41, 5.74) is -1.57. The van der Waals surface area contributed by atoms with E-state index in [4.69, 9.17) is 11.6 Å². The van der Waals surface area contributed by atoms with E-state index in [9.17, 15) is 13.9 Å². The minimum absolute atomic E-state index is 0.156. The van der Waals surface area contributed by atoms with Crippen LogP contribution in [-0.4, -0.2) is 5.11 Å². The summed E-state index contributed by atoms with van der Waals surface area (Å²) in [5, 5.41) is 10.8. The maximum absolute atomic E-state index is 13.8. The number of aliphatic hydroxyl groups is 1. The lowest BCUT2D eigenvalue weighted by atomic mass is 9.88. The molecular formula is C14H10BrClF2O. The largest absolute Gasteiger partial charge is 0.381 e. The van der Waals surface area contributed by atoms with Crippen LogP contribution in [0.3, 0.4) is 0 Å². The Morgan fingerprint density at radius 1 is 1.16 bits per heavy atom. The number of benzene rings is 2. The summed E-state index contributed by atoms with van der Waals surface area (Å²) in [6, 6.07) is 8.50. The third-order valence-corrected chi connectivity index (χ3v) is 3.74. The molecule has 1 nitrogen and oxygen atoms in total. The van der Waals surface area contributed by atoms with Gasteiger partial charge in [-0.3, -0.25) is 0 Å². The van der Waals surface area contributed by atoms with Crippen molar-refractivity contribution in [2.75, 3.05) is 0 Å². The van der Waals surface area contributed by atoms with Crippen molar-refractivity contribution in [3.05, 3.63) is 68.7 Å². The zero-order valence-electron chi connectivity index (χ0n) is 9.92. The van der Waals surface area contributed by atoms with Gasteiger partial charge in [-0.15, -0.1) is 0 Å². The van der Waals surface area contributed by atoms with Gasteiger partial charge < -0.3 is 5.11 Å². The van der Waals surface area contributed by atoms with Gasteiger partial charge in [0.2, 0.25) is 0 Å². The van der Waals surface area contributed by atoms with E-state index >= 15 is 0 Å². The lowest BCUT2D eigenvalue weighted by Crippen LogP contribution is -2.25. The van der Waals surface area contributed by atoms with E-state index in [2.05, 4.69) is 15.9 Å². The van der Waals surface area contributed by atoms with E-state index in [0.29, 0.717) is 5.56 Å². The van der Waals surface area contributed by atoms with Gasteiger partial charge in [-0.1, -0.05) is 45.7 Å². The van der Waals surface area contributed by atoms with Gasteiger partial charge in [0.25, 0.3) is 0 Å². The monoisotopic (exact) mass is 346 g/mol. The number of halogens is 4. The summed E-state index contributed by atoms with van der Waals surface area (Å²) in [4.78, 5) is 0. The van der Waals surface area contributed by atoms with E-state index in [1.54, 1.807) is 18.2 Å². The van der Waals surface area contributed by atoms with Crippen LogP contribution in [0.5, 0.6) is 0 Å². The summed E-state index contributed by atoms with van der Waals surface area (Å²) in [6.07, 6.45) is 0. The maximum atomic E-state index is 13.8. The minimum atomic E-state index is -1.72. The molecule has 0 aliphatic rings. The van der Waals surface area contributed by atoms with Gasteiger partial charge in [0, 0.05) is 20.6 Å². The van der Waals surface area contributed by atoms with Crippen LogP contribution in [0.1, 0.15) is 18.1 Å². The zero-order valence-corrected chi connectivity index (χ0v) is 12.3. The maximum Gasteiger partial charge on any atom is 0.165 e. The second kappa shape index (κ2) is 5.19. The Morgan fingerprint density at radius 3 is 2.47 bits per heavy atom. The first-order valence-corrected chi connectivity index (χ1v) is 6.63. The summed E-state index contributed by atoms with van der Waals surface area (Å²) in [5.74, 6) is -2.09. The van der Waals surface area contributed by atoms with Gasteiger partial charge in [-0.05, 0) is 25.1 Å². The van der Waals surface area contributed by atoms with Gasteiger partial charge in [-0.25, -0.2) is 8.78 Å². The fourth-order valence-electron chi connectivity index (χ4n) is 1.91. The highest BCUT2D eigenvalue weighted by Gasteiger charge is 2.31. The van der Waals surface area contributed by atoms with Crippen LogP contribution in [-0.2, 0) is 5.60 Å². The van der Waals surface area contributed by atoms with Crippen molar-refractivity contribution in [3.63, 3.8) is 0 Å². The second-order valence-electron chi connectivity index (χ2n) is 4.30. The molecule has 1 atom stereocenters. The normalized spacial score (nSPS) is 14.2. The minimum Gasteiger partial charge on any atom is -0.381 e. The van der Waals surface area contributed by atoms with E-state index < -0.39 is 17.2 Å². The Kier molecular flexibility index (Phi) is 3.95. The molecule has 100 valence electrons. The molecule has 0 fully saturated rings. The predicted octanol–water partition coefficient (Wildman–Crippen LogP) is 4.64. The molecule has 0 heterocycles. The Balaban J connectivity index is 2.61. The van der Waals surface area contributed by atoms with Gasteiger partial charge in [0.05, 0.1) is 0 Å². The van der Waals surface area contributed by atoms with Crippen LogP contribution in [0.15, 0.2) is 40.9 Å². The summed E-state index contributed by atoms with van der Waals surface area (Å²) >= 11 is 9.30. The molecule has 0 spiro atoms. The van der Waals surface area contributed by atoms with E-state index in [1.807, 2.05) is 0 Å². The predicted molar refractivity (Wildman–Crippen MR) is 74.2 cm³/mol. The SMILES string of the molecule is CC(O)(c1ccc(Br)cc1Cl)c1cccc(F)c1F. The highest BCUT2D eigenvalue weighted by molar-refractivity contribution is 9.10. The number of hydrogen-bond acceptors (Lipinski definition) is 1. The molecule has 19 heavy (non-hydrogen) atoms. The summed E-state index contributed by atoms with van der Waals surface area (Å²) in [7, 11) is 0. The van der Waals surface area contributed by atoms with Crippen molar-refractivity contribution in [1.29, 1.82) is 0 Å². The molecule has 1 unspecified atom stereocenters. The van der Waals surface area contributed by atoms with Crippen molar-refractivity contribution >= 4 is 27.5 Å². The molecule has 0 aromatic heterocycles. The van der Waals surface area contributed by atoms with Crippen molar-refractivity contribution in [1.82, 2.24) is 0 Å². The fraction of sp³-hybridized carbons (Fsp3) is 0.143. The van der Waals surface area contributed by atoms with Gasteiger partial charge >= 0.3 is 0 Å². The van der Waals surface area contributed by atoms with Gasteiger partial charge in [-0.2, -0.15) is 0 Å². The fourth-order valence-corrected chi connectivity index (χ4v) is 2.77. The van der Waals surface area contributed by atoms with Gasteiger partial charge in [0.1, 0.15) is 5.60 Å². The quantitative estimate of drug-likeness (QED) is 0.839. The zero-order chi connectivity index (χ0) is 14.2. The van der Waals surface area contributed by atoms with Crippen molar-refractivity contribution in [2.45, 2.75) is 12.5 Å². The number of rotatable bonds is 2. The second-order valence-corrected chi connectivity index (χ2v) is 5.62. The highest BCUT2D eigenvalue weighted by atomic mass is 79.9. The van der Waals surface area contributed by atoms with E-state index in [1.165, 1.54) is 19.1 Å². The Labute approximate surface area is 123 Å². The van der Waals surface area contributed by atoms with Crippen LogP contribution in [0.4, 0.5) is 8.78 Å². The molecule has 1 N–H and O–H groups in total. The average Bonchev–Trinajstić information content (AvgIpc) is 2.31. The standard InChI is InChI=1S/C14H10BrClF2O/c1-14(19,9-6-5-8(15)7-11(9)16)10-3-2-4-12(17)13(10)18/h2-7,19H,1H3. The Morgan fingerprint density at radius 2 is 1.84 bits per heavy atom. The van der Waals surface area contributed by atoms with Crippen LogP contribution >= 0.6 is 27.5 Å². The molecule has 0 amide bonds. The first-order chi connectivity index (χ1) is 8.84. The van der Waals surface area contributed by atoms with Crippen molar-refractivity contribution < 1.29 is 13.9 Å². The molecule has 5 heteroatoms. The molecule has 0 radical (unpaired) electrons. The molecule has 0 saturated heterocycles. The third kappa shape index (κ3) is 2.66. The molecule has 2 rings (SSSR count). The Hall–Kier alpha value is -0.970. The lowest BCUT2D eigenvalue weighted by Gasteiger charge is -2.26. The van der Waals surface area contributed by atoms with Gasteiger partial charge in [0.15, 0.2) is 11.6 Å². The average molecular weight is 348 g/mol. The molecule has 2 aromatic rings. The number of hydrogen-bond donors (Lipinski definition) is 1. The van der Waals surface area contributed by atoms with Crippen molar-refractivity contribution in [2.24, 2.45) is 0 Å². The van der Waals surface area contributed by atoms with Crippen LogP contribution in [0.25, 0.3) is 0 Å². The van der Waals surface area contributed by atoms with Crippen LogP contribution in [0, 0.1) is 11.6 Å². The molecule has 0 saturated carbocycles. The van der Waals surface area contributed by atoms with Crippen LogP contribution < -0.4 is 0 Å². The molecule has 0 aliphatic carbocycles. The lowest BCUT2D eigenvalue weighted by molar-refractivity contribution is 0.0971. The Bertz CT molecular complexity index is 629. The molecule has 0 aliphatic heterocycles. The first kappa shape index (κ1) is 14.4. The van der Waals surface area contributed by atoms with Crippen LogP contribution in [0.2, 0.25) is 5.02 Å². The topological polar surface area (TPSA) is 20.2 Å².